The third-order valence-electron chi connectivity index (χ3n) is 4.10. The van der Waals surface area contributed by atoms with Gasteiger partial charge in [-0.2, -0.15) is 15.0 Å². The lowest BCUT2D eigenvalue weighted by molar-refractivity contribution is 0.0371. The van der Waals surface area contributed by atoms with E-state index in [4.69, 9.17) is 4.74 Å². The van der Waals surface area contributed by atoms with E-state index in [1.807, 2.05) is 42.5 Å². The minimum atomic E-state index is 0.0901. The van der Waals surface area contributed by atoms with Gasteiger partial charge in [-0.1, -0.05) is 30.3 Å². The lowest BCUT2D eigenvalue weighted by Gasteiger charge is -2.23. The summed E-state index contributed by atoms with van der Waals surface area (Å²) < 4.78 is 5.72. The average molecular weight is 363 g/mol. The molecule has 138 valence electrons. The third-order valence-corrected chi connectivity index (χ3v) is 4.10. The normalized spacial score (nSPS) is 16.7. The van der Waals surface area contributed by atoms with E-state index in [1.54, 1.807) is 12.4 Å². The number of hydrogen-bond acceptors (Lipinski definition) is 8. The van der Waals surface area contributed by atoms with Gasteiger partial charge in [-0.15, -0.1) is 0 Å². The molecule has 27 heavy (non-hydrogen) atoms. The van der Waals surface area contributed by atoms with Crippen LogP contribution in [0.5, 0.6) is 0 Å². The second-order valence-corrected chi connectivity index (χ2v) is 6.11. The number of benzene rings is 1. The number of anilines is 3. The largest absolute Gasteiger partial charge is 0.374 e. The Morgan fingerprint density at radius 3 is 2.59 bits per heavy atom. The number of nitrogens with one attached hydrogen (secondary N) is 3. The van der Waals surface area contributed by atoms with Crippen molar-refractivity contribution < 1.29 is 4.74 Å². The second kappa shape index (κ2) is 8.52. The summed E-state index contributed by atoms with van der Waals surface area (Å²) in [6.07, 6.45) is 3.52. The number of pyridine rings is 1. The number of rotatable bonds is 6. The van der Waals surface area contributed by atoms with Crippen molar-refractivity contribution in [3.8, 4) is 11.4 Å². The highest BCUT2D eigenvalue weighted by molar-refractivity contribution is 5.60. The smallest absolute Gasteiger partial charge is 0.232 e. The zero-order valence-corrected chi connectivity index (χ0v) is 14.8. The van der Waals surface area contributed by atoms with Crippen molar-refractivity contribution in [3.63, 3.8) is 0 Å². The van der Waals surface area contributed by atoms with Gasteiger partial charge in [-0.3, -0.25) is 4.98 Å². The van der Waals surface area contributed by atoms with Gasteiger partial charge >= 0.3 is 0 Å². The summed E-state index contributed by atoms with van der Waals surface area (Å²) in [6, 6.07) is 13.6. The molecular weight excluding hydrogens is 342 g/mol. The van der Waals surface area contributed by atoms with Gasteiger partial charge in [0.2, 0.25) is 11.9 Å². The average Bonchev–Trinajstić information content (AvgIpc) is 2.74. The molecule has 1 aliphatic heterocycles. The van der Waals surface area contributed by atoms with Crippen LogP contribution in [-0.4, -0.2) is 52.3 Å². The van der Waals surface area contributed by atoms with Crippen LogP contribution in [0.25, 0.3) is 11.4 Å². The molecule has 1 fully saturated rings. The highest BCUT2D eigenvalue weighted by atomic mass is 16.5. The molecule has 1 unspecified atom stereocenters. The molecule has 0 aliphatic carbocycles. The molecule has 1 atom stereocenters. The van der Waals surface area contributed by atoms with Gasteiger partial charge in [0, 0.05) is 43.3 Å². The molecule has 8 nitrogen and oxygen atoms in total. The van der Waals surface area contributed by atoms with E-state index >= 15 is 0 Å². The zero-order chi connectivity index (χ0) is 18.3. The summed E-state index contributed by atoms with van der Waals surface area (Å²) in [5, 5.41) is 9.79. The van der Waals surface area contributed by atoms with Crippen LogP contribution in [0.4, 0.5) is 17.6 Å². The topological polar surface area (TPSA) is 96.9 Å². The van der Waals surface area contributed by atoms with Crippen molar-refractivity contribution in [2.24, 2.45) is 0 Å². The third kappa shape index (κ3) is 4.75. The Labute approximate surface area is 157 Å². The van der Waals surface area contributed by atoms with E-state index in [0.717, 1.165) is 24.3 Å². The quantitative estimate of drug-likeness (QED) is 0.612. The van der Waals surface area contributed by atoms with Crippen molar-refractivity contribution >= 4 is 17.6 Å². The fourth-order valence-corrected chi connectivity index (χ4v) is 2.75. The van der Waals surface area contributed by atoms with E-state index in [2.05, 4.69) is 35.9 Å². The Hall–Kier alpha value is -3.10. The van der Waals surface area contributed by atoms with Crippen LogP contribution in [0, 0.1) is 0 Å². The first-order valence-electron chi connectivity index (χ1n) is 8.91. The highest BCUT2D eigenvalue weighted by Crippen LogP contribution is 2.19. The van der Waals surface area contributed by atoms with Gasteiger partial charge in [0.05, 0.1) is 12.7 Å². The molecule has 3 aromatic rings. The number of hydrogen-bond donors (Lipinski definition) is 3. The molecule has 0 spiro atoms. The van der Waals surface area contributed by atoms with Crippen molar-refractivity contribution in [2.45, 2.75) is 6.10 Å². The molecule has 0 bridgehead atoms. The van der Waals surface area contributed by atoms with Gasteiger partial charge in [0.1, 0.15) is 0 Å². The molecule has 3 heterocycles. The van der Waals surface area contributed by atoms with Crippen LogP contribution in [0.3, 0.4) is 0 Å². The summed E-state index contributed by atoms with van der Waals surface area (Å²) in [6.45, 7) is 3.04. The predicted molar refractivity (Wildman–Crippen MR) is 104 cm³/mol. The van der Waals surface area contributed by atoms with Gasteiger partial charge in [-0.05, 0) is 12.1 Å². The first-order chi connectivity index (χ1) is 13.4. The zero-order valence-electron chi connectivity index (χ0n) is 14.8. The maximum Gasteiger partial charge on any atom is 0.232 e. The van der Waals surface area contributed by atoms with E-state index in [9.17, 15) is 0 Å². The Kier molecular flexibility index (Phi) is 5.47. The summed E-state index contributed by atoms with van der Waals surface area (Å²) in [7, 11) is 0. The molecule has 4 rings (SSSR count). The van der Waals surface area contributed by atoms with Gasteiger partial charge in [-0.25, -0.2) is 0 Å². The molecular formula is C19H21N7O. The fourth-order valence-electron chi connectivity index (χ4n) is 2.75. The standard InChI is InChI=1S/C19H21N7O/c1-2-4-14(5-3-1)17-24-18(22-13-16-12-21-10-11-27-16)26-19(25-17)23-15-6-8-20-9-7-15/h1-9,16,21H,10-13H2,(H2,20,22,23,24,25,26). The maximum atomic E-state index is 5.72. The second-order valence-electron chi connectivity index (χ2n) is 6.11. The maximum absolute atomic E-state index is 5.72. The van der Waals surface area contributed by atoms with Crippen molar-refractivity contribution in [1.29, 1.82) is 0 Å². The van der Waals surface area contributed by atoms with Crippen LogP contribution < -0.4 is 16.0 Å². The van der Waals surface area contributed by atoms with Gasteiger partial charge < -0.3 is 20.7 Å². The van der Waals surface area contributed by atoms with Crippen LogP contribution >= 0.6 is 0 Å². The van der Waals surface area contributed by atoms with Crippen molar-refractivity contribution in [1.82, 2.24) is 25.3 Å². The molecule has 0 saturated carbocycles. The minimum Gasteiger partial charge on any atom is -0.374 e. The number of aromatic nitrogens is 4. The predicted octanol–water partition coefficient (Wildman–Crippen LogP) is 2.08. The van der Waals surface area contributed by atoms with Crippen molar-refractivity contribution in [2.75, 3.05) is 36.9 Å². The SMILES string of the molecule is c1ccc(-c2nc(NCC3CNCCO3)nc(Nc3ccncc3)n2)cc1. The molecule has 0 radical (unpaired) electrons. The first-order valence-corrected chi connectivity index (χ1v) is 8.91. The molecule has 1 aromatic carbocycles. The van der Waals surface area contributed by atoms with E-state index in [0.29, 0.717) is 30.9 Å². The Balaban J connectivity index is 1.57. The number of ether oxygens (including phenoxy) is 1. The van der Waals surface area contributed by atoms with Crippen LogP contribution in [0.2, 0.25) is 0 Å². The van der Waals surface area contributed by atoms with Crippen LogP contribution in [0.15, 0.2) is 54.9 Å². The molecule has 0 amide bonds. The lowest BCUT2D eigenvalue weighted by Crippen LogP contribution is -2.42. The lowest BCUT2D eigenvalue weighted by atomic mass is 10.2. The monoisotopic (exact) mass is 363 g/mol. The van der Waals surface area contributed by atoms with E-state index in [1.165, 1.54) is 0 Å². The molecule has 2 aromatic heterocycles. The highest BCUT2D eigenvalue weighted by Gasteiger charge is 2.15. The Morgan fingerprint density at radius 2 is 1.81 bits per heavy atom. The molecule has 1 aliphatic rings. The Bertz CT molecular complexity index is 854. The number of nitrogens with zero attached hydrogens (tertiary/aromatic N) is 4. The molecule has 8 heteroatoms. The summed E-state index contributed by atoms with van der Waals surface area (Å²) >= 11 is 0. The minimum absolute atomic E-state index is 0.0901. The summed E-state index contributed by atoms with van der Waals surface area (Å²) in [5.41, 5.74) is 1.79. The summed E-state index contributed by atoms with van der Waals surface area (Å²) in [4.78, 5) is 17.6. The number of morpholine rings is 1. The van der Waals surface area contributed by atoms with Crippen LogP contribution in [-0.2, 0) is 4.74 Å². The van der Waals surface area contributed by atoms with Gasteiger partial charge in [0.15, 0.2) is 5.82 Å². The van der Waals surface area contributed by atoms with Crippen molar-refractivity contribution in [3.05, 3.63) is 54.9 Å². The Morgan fingerprint density at radius 1 is 1.00 bits per heavy atom. The first kappa shape index (κ1) is 17.3. The van der Waals surface area contributed by atoms with E-state index < -0.39 is 0 Å². The fraction of sp³-hybridized carbons (Fsp3) is 0.263. The van der Waals surface area contributed by atoms with Gasteiger partial charge in [0.25, 0.3) is 0 Å². The molecule has 3 N–H and O–H groups in total. The summed E-state index contributed by atoms with van der Waals surface area (Å²) in [5.74, 6) is 1.59. The van der Waals surface area contributed by atoms with E-state index in [-0.39, 0.29) is 6.10 Å². The molecule has 1 saturated heterocycles. The van der Waals surface area contributed by atoms with Crippen LogP contribution in [0.1, 0.15) is 0 Å².